The molecule has 1 saturated carbocycles. The molecule has 160 valence electrons. The molecule has 0 saturated heterocycles. The lowest BCUT2D eigenvalue weighted by Gasteiger charge is -2.32. The van der Waals surface area contributed by atoms with Gasteiger partial charge in [0.1, 0.15) is 11.9 Å². The monoisotopic (exact) mass is 436 g/mol. The second kappa shape index (κ2) is 9.88. The van der Waals surface area contributed by atoms with Gasteiger partial charge in [-0.1, -0.05) is 49.2 Å². The van der Waals surface area contributed by atoms with Crippen LogP contribution in [0.15, 0.2) is 72.1 Å². The van der Waals surface area contributed by atoms with Gasteiger partial charge in [0.05, 0.1) is 6.42 Å². The number of amides is 2. The SMILES string of the molecule is O=C(NC1CCCC1)C(c1ccc(F)cc1)N(C(=O)Cc1cccs1)c1ccccc1. The van der Waals surface area contributed by atoms with Crippen molar-refractivity contribution in [1.82, 2.24) is 5.32 Å². The molecule has 1 aromatic heterocycles. The van der Waals surface area contributed by atoms with Crippen LogP contribution in [0.25, 0.3) is 0 Å². The van der Waals surface area contributed by atoms with E-state index in [4.69, 9.17) is 0 Å². The smallest absolute Gasteiger partial charge is 0.248 e. The van der Waals surface area contributed by atoms with Gasteiger partial charge in [-0.2, -0.15) is 0 Å². The van der Waals surface area contributed by atoms with Crippen LogP contribution in [0.4, 0.5) is 10.1 Å². The van der Waals surface area contributed by atoms with E-state index in [1.54, 1.807) is 17.0 Å². The summed E-state index contributed by atoms with van der Waals surface area (Å²) < 4.78 is 13.6. The fourth-order valence-electron chi connectivity index (χ4n) is 4.09. The van der Waals surface area contributed by atoms with Crippen LogP contribution in [-0.4, -0.2) is 17.9 Å². The van der Waals surface area contributed by atoms with Crippen molar-refractivity contribution in [3.05, 3.63) is 88.4 Å². The Kier molecular flexibility index (Phi) is 6.77. The standard InChI is InChI=1S/C25H25FN2O2S/c26-19-14-12-18(13-15-19)24(25(30)27-20-7-4-5-8-20)28(21-9-2-1-3-10-21)23(29)17-22-11-6-16-31-22/h1-3,6,9-16,20,24H,4-5,7-8,17H2,(H,27,30). The zero-order chi connectivity index (χ0) is 21.6. The Morgan fingerprint density at radius 2 is 1.71 bits per heavy atom. The van der Waals surface area contributed by atoms with Crippen molar-refractivity contribution in [2.45, 2.75) is 44.2 Å². The molecule has 4 rings (SSSR count). The molecular formula is C25H25FN2O2S. The number of anilines is 1. The molecule has 0 aliphatic heterocycles. The number of rotatable bonds is 7. The normalized spacial score (nSPS) is 14.9. The van der Waals surface area contributed by atoms with Gasteiger partial charge in [0.25, 0.3) is 0 Å². The molecule has 1 aliphatic carbocycles. The van der Waals surface area contributed by atoms with Gasteiger partial charge in [-0.15, -0.1) is 11.3 Å². The van der Waals surface area contributed by atoms with E-state index in [0.29, 0.717) is 11.3 Å². The van der Waals surface area contributed by atoms with Gasteiger partial charge in [0, 0.05) is 16.6 Å². The molecule has 1 fully saturated rings. The quantitative estimate of drug-likeness (QED) is 0.549. The highest BCUT2D eigenvalue weighted by molar-refractivity contribution is 7.10. The van der Waals surface area contributed by atoms with Crippen LogP contribution in [0.2, 0.25) is 0 Å². The molecule has 0 radical (unpaired) electrons. The molecule has 2 aromatic carbocycles. The van der Waals surface area contributed by atoms with E-state index in [9.17, 15) is 14.0 Å². The Bertz CT molecular complexity index is 1000. The molecule has 0 bridgehead atoms. The summed E-state index contributed by atoms with van der Waals surface area (Å²) in [6.45, 7) is 0. The van der Waals surface area contributed by atoms with Gasteiger partial charge in [-0.05, 0) is 54.1 Å². The van der Waals surface area contributed by atoms with Crippen molar-refractivity contribution in [2.24, 2.45) is 0 Å². The Morgan fingerprint density at radius 1 is 1.00 bits per heavy atom. The van der Waals surface area contributed by atoms with Crippen LogP contribution < -0.4 is 10.2 Å². The lowest BCUT2D eigenvalue weighted by molar-refractivity contribution is -0.127. The largest absolute Gasteiger partial charge is 0.351 e. The van der Waals surface area contributed by atoms with Gasteiger partial charge in [-0.3, -0.25) is 14.5 Å². The fourth-order valence-corrected chi connectivity index (χ4v) is 4.78. The first-order valence-electron chi connectivity index (χ1n) is 10.6. The van der Waals surface area contributed by atoms with E-state index < -0.39 is 6.04 Å². The highest BCUT2D eigenvalue weighted by Crippen LogP contribution is 2.30. The number of halogens is 1. The van der Waals surface area contributed by atoms with E-state index in [1.807, 2.05) is 47.8 Å². The second-order valence-corrected chi connectivity index (χ2v) is 8.83. The molecule has 31 heavy (non-hydrogen) atoms. The average molecular weight is 437 g/mol. The highest BCUT2D eigenvalue weighted by Gasteiger charge is 2.34. The van der Waals surface area contributed by atoms with E-state index in [1.165, 1.54) is 23.5 Å². The minimum Gasteiger partial charge on any atom is -0.351 e. The predicted molar refractivity (Wildman–Crippen MR) is 121 cm³/mol. The lowest BCUT2D eigenvalue weighted by atomic mass is 10.0. The third kappa shape index (κ3) is 5.20. The number of para-hydroxylation sites is 1. The van der Waals surface area contributed by atoms with Crippen LogP contribution in [0.5, 0.6) is 0 Å². The molecule has 1 aliphatic rings. The highest BCUT2D eigenvalue weighted by atomic mass is 32.1. The zero-order valence-corrected chi connectivity index (χ0v) is 18.0. The van der Waals surface area contributed by atoms with Crippen molar-refractivity contribution >= 4 is 28.8 Å². The number of nitrogens with zero attached hydrogens (tertiary/aromatic N) is 1. The minimum absolute atomic E-state index is 0.112. The third-order valence-corrected chi connectivity index (χ3v) is 6.48. The maximum Gasteiger partial charge on any atom is 0.248 e. The van der Waals surface area contributed by atoms with E-state index >= 15 is 0 Å². The van der Waals surface area contributed by atoms with Crippen molar-refractivity contribution in [2.75, 3.05) is 4.90 Å². The Hall–Kier alpha value is -2.99. The molecule has 1 heterocycles. The summed E-state index contributed by atoms with van der Waals surface area (Å²) in [4.78, 5) is 29.5. The van der Waals surface area contributed by atoms with Crippen LogP contribution >= 0.6 is 11.3 Å². The molecule has 0 spiro atoms. The van der Waals surface area contributed by atoms with Crippen molar-refractivity contribution in [1.29, 1.82) is 0 Å². The summed E-state index contributed by atoms with van der Waals surface area (Å²) in [5.41, 5.74) is 1.22. The van der Waals surface area contributed by atoms with Gasteiger partial charge >= 0.3 is 0 Å². The molecule has 6 heteroatoms. The lowest BCUT2D eigenvalue weighted by Crippen LogP contribution is -2.46. The number of carbonyl (C=O) groups is 2. The van der Waals surface area contributed by atoms with Crippen LogP contribution in [0, 0.1) is 5.82 Å². The first kappa shape index (κ1) is 21.2. The molecular weight excluding hydrogens is 411 g/mol. The minimum atomic E-state index is -0.879. The summed E-state index contributed by atoms with van der Waals surface area (Å²) in [6, 6.07) is 18.1. The summed E-state index contributed by atoms with van der Waals surface area (Å²) in [5, 5.41) is 5.06. The van der Waals surface area contributed by atoms with E-state index in [-0.39, 0.29) is 30.1 Å². The van der Waals surface area contributed by atoms with Crippen molar-refractivity contribution in [3.63, 3.8) is 0 Å². The maximum absolute atomic E-state index is 13.6. The number of nitrogens with one attached hydrogen (secondary N) is 1. The Morgan fingerprint density at radius 3 is 2.35 bits per heavy atom. The van der Waals surface area contributed by atoms with E-state index in [0.717, 1.165) is 30.6 Å². The third-order valence-electron chi connectivity index (χ3n) is 5.60. The number of hydrogen-bond donors (Lipinski definition) is 1. The second-order valence-electron chi connectivity index (χ2n) is 7.80. The van der Waals surface area contributed by atoms with Crippen molar-refractivity contribution in [3.8, 4) is 0 Å². The fraction of sp³-hybridized carbons (Fsp3) is 0.280. The molecule has 1 N–H and O–H groups in total. The van der Waals surface area contributed by atoms with Crippen LogP contribution in [0.3, 0.4) is 0 Å². The Balaban J connectivity index is 1.73. The Labute approximate surface area is 185 Å². The number of carbonyl (C=O) groups excluding carboxylic acids is 2. The van der Waals surface area contributed by atoms with E-state index in [2.05, 4.69) is 5.32 Å². The molecule has 4 nitrogen and oxygen atoms in total. The first-order chi connectivity index (χ1) is 15.1. The number of hydrogen-bond acceptors (Lipinski definition) is 3. The zero-order valence-electron chi connectivity index (χ0n) is 17.2. The summed E-state index contributed by atoms with van der Waals surface area (Å²) in [6.07, 6.45) is 4.26. The van der Waals surface area contributed by atoms with Gasteiger partial charge in [0.2, 0.25) is 11.8 Å². The van der Waals surface area contributed by atoms with Gasteiger partial charge < -0.3 is 5.32 Å². The van der Waals surface area contributed by atoms with Gasteiger partial charge in [0.15, 0.2) is 0 Å². The predicted octanol–water partition coefficient (Wildman–Crippen LogP) is 5.26. The topological polar surface area (TPSA) is 49.4 Å². The molecule has 1 unspecified atom stereocenters. The molecule has 1 atom stereocenters. The van der Waals surface area contributed by atoms with Crippen molar-refractivity contribution < 1.29 is 14.0 Å². The summed E-state index contributed by atoms with van der Waals surface area (Å²) in [5.74, 6) is -0.790. The average Bonchev–Trinajstić information content (AvgIpc) is 3.47. The number of benzene rings is 2. The number of thiophene rings is 1. The summed E-state index contributed by atoms with van der Waals surface area (Å²) >= 11 is 1.51. The first-order valence-corrected chi connectivity index (χ1v) is 11.4. The maximum atomic E-state index is 13.6. The molecule has 2 amide bonds. The van der Waals surface area contributed by atoms with Crippen LogP contribution in [0.1, 0.15) is 42.2 Å². The summed E-state index contributed by atoms with van der Waals surface area (Å²) in [7, 11) is 0. The van der Waals surface area contributed by atoms with Crippen LogP contribution in [-0.2, 0) is 16.0 Å². The molecule has 3 aromatic rings. The van der Waals surface area contributed by atoms with Gasteiger partial charge in [-0.25, -0.2) is 4.39 Å².